The summed E-state index contributed by atoms with van der Waals surface area (Å²) in [6.45, 7) is 9.93. The highest BCUT2D eigenvalue weighted by Gasteiger charge is 2.49. The first kappa shape index (κ1) is 14.8. The number of carbonyl (C=O) groups excluding carboxylic acids is 1. The third kappa shape index (κ3) is 3.31. The molecule has 19 heavy (non-hydrogen) atoms. The Labute approximate surface area is 117 Å². The summed E-state index contributed by atoms with van der Waals surface area (Å²) in [6.07, 6.45) is 6.19. The van der Waals surface area contributed by atoms with E-state index >= 15 is 0 Å². The van der Waals surface area contributed by atoms with Crippen molar-refractivity contribution in [3.63, 3.8) is 0 Å². The molecule has 1 unspecified atom stereocenters. The maximum atomic E-state index is 12.4. The monoisotopic (exact) mass is 267 g/mol. The molecule has 1 saturated carbocycles. The average Bonchev–Trinajstić information content (AvgIpc) is 2.72. The molecule has 110 valence electrons. The molecule has 1 aliphatic heterocycles. The van der Waals surface area contributed by atoms with Crippen LogP contribution in [0.5, 0.6) is 0 Å². The minimum atomic E-state index is -0.374. The second kappa shape index (κ2) is 5.43. The van der Waals surface area contributed by atoms with E-state index in [9.17, 15) is 4.79 Å². The molecule has 0 radical (unpaired) electrons. The molecule has 3 nitrogen and oxygen atoms in total. The highest BCUT2D eigenvalue weighted by Crippen LogP contribution is 2.47. The van der Waals surface area contributed by atoms with Crippen LogP contribution in [-0.4, -0.2) is 24.7 Å². The van der Waals surface area contributed by atoms with Gasteiger partial charge in [0.15, 0.2) is 0 Å². The Hall–Kier alpha value is -0.570. The standard InChI is InChI=1S/C16H29NO2/c1-5-12-6-8-16(9-7-12)11-17-10-13(16)14(18)19-15(2,3)4/h12-13,17H,5-11H2,1-4H3. The van der Waals surface area contributed by atoms with Crippen LogP contribution >= 0.6 is 0 Å². The van der Waals surface area contributed by atoms with Gasteiger partial charge in [-0.15, -0.1) is 0 Å². The molecule has 1 saturated heterocycles. The number of hydrogen-bond donors (Lipinski definition) is 1. The molecular weight excluding hydrogens is 238 g/mol. The molecule has 3 heteroatoms. The minimum Gasteiger partial charge on any atom is -0.460 e. The van der Waals surface area contributed by atoms with Crippen LogP contribution in [0.4, 0.5) is 0 Å². The number of nitrogens with one attached hydrogen (secondary N) is 1. The predicted molar refractivity (Wildman–Crippen MR) is 76.9 cm³/mol. The number of esters is 1. The van der Waals surface area contributed by atoms with Crippen molar-refractivity contribution in [3.8, 4) is 0 Å². The maximum Gasteiger partial charge on any atom is 0.311 e. The van der Waals surface area contributed by atoms with Gasteiger partial charge in [0, 0.05) is 13.1 Å². The van der Waals surface area contributed by atoms with E-state index in [4.69, 9.17) is 4.74 Å². The van der Waals surface area contributed by atoms with E-state index in [1.54, 1.807) is 0 Å². The number of ether oxygens (including phenoxy) is 1. The zero-order valence-corrected chi connectivity index (χ0v) is 12.9. The zero-order chi connectivity index (χ0) is 14.1. The molecule has 1 atom stereocenters. The Morgan fingerprint density at radius 3 is 2.47 bits per heavy atom. The third-order valence-electron chi connectivity index (χ3n) is 4.93. The maximum absolute atomic E-state index is 12.4. The van der Waals surface area contributed by atoms with Crippen LogP contribution in [0.15, 0.2) is 0 Å². The molecule has 2 aliphatic rings. The second-order valence-electron chi connectivity index (χ2n) is 7.43. The lowest BCUT2D eigenvalue weighted by Crippen LogP contribution is -2.41. The Balaban J connectivity index is 2.03. The van der Waals surface area contributed by atoms with E-state index in [1.165, 1.54) is 32.1 Å². The summed E-state index contributed by atoms with van der Waals surface area (Å²) in [5, 5.41) is 3.43. The summed E-state index contributed by atoms with van der Waals surface area (Å²) < 4.78 is 5.62. The van der Waals surface area contributed by atoms with Crippen LogP contribution in [0.2, 0.25) is 0 Å². The summed E-state index contributed by atoms with van der Waals surface area (Å²) >= 11 is 0. The van der Waals surface area contributed by atoms with E-state index in [2.05, 4.69) is 12.2 Å². The fourth-order valence-corrected chi connectivity index (χ4v) is 3.70. The summed E-state index contributed by atoms with van der Waals surface area (Å²) in [5.41, 5.74) is -0.199. The molecule has 0 aromatic carbocycles. The van der Waals surface area contributed by atoms with Gasteiger partial charge in [0.05, 0.1) is 5.92 Å². The van der Waals surface area contributed by atoms with Gasteiger partial charge in [0.25, 0.3) is 0 Å². The van der Waals surface area contributed by atoms with Crippen LogP contribution in [0.3, 0.4) is 0 Å². The van der Waals surface area contributed by atoms with Crippen LogP contribution in [0.1, 0.15) is 59.8 Å². The highest BCUT2D eigenvalue weighted by atomic mass is 16.6. The van der Waals surface area contributed by atoms with E-state index in [-0.39, 0.29) is 22.9 Å². The highest BCUT2D eigenvalue weighted by molar-refractivity contribution is 5.74. The van der Waals surface area contributed by atoms with Gasteiger partial charge in [-0.1, -0.05) is 13.3 Å². The van der Waals surface area contributed by atoms with Crippen LogP contribution in [-0.2, 0) is 9.53 Å². The van der Waals surface area contributed by atoms with Crippen LogP contribution in [0.25, 0.3) is 0 Å². The van der Waals surface area contributed by atoms with E-state index < -0.39 is 0 Å². The molecule has 2 fully saturated rings. The zero-order valence-electron chi connectivity index (χ0n) is 12.9. The Morgan fingerprint density at radius 2 is 1.95 bits per heavy atom. The van der Waals surface area contributed by atoms with Gasteiger partial charge in [-0.3, -0.25) is 4.79 Å². The van der Waals surface area contributed by atoms with Crippen molar-refractivity contribution in [2.24, 2.45) is 17.3 Å². The topological polar surface area (TPSA) is 38.3 Å². The quantitative estimate of drug-likeness (QED) is 0.781. The SMILES string of the molecule is CCC1CCC2(CC1)CNCC2C(=O)OC(C)(C)C. The third-order valence-corrected chi connectivity index (χ3v) is 4.93. The van der Waals surface area contributed by atoms with Gasteiger partial charge in [-0.25, -0.2) is 0 Å². The lowest BCUT2D eigenvalue weighted by Gasteiger charge is -2.40. The van der Waals surface area contributed by atoms with Crippen LogP contribution in [0, 0.1) is 17.3 Å². The summed E-state index contributed by atoms with van der Waals surface area (Å²) in [7, 11) is 0. The molecule has 0 amide bonds. The van der Waals surface area contributed by atoms with Crippen molar-refractivity contribution in [3.05, 3.63) is 0 Å². The largest absolute Gasteiger partial charge is 0.460 e. The number of rotatable bonds is 2. The van der Waals surface area contributed by atoms with Crippen LogP contribution < -0.4 is 5.32 Å². The van der Waals surface area contributed by atoms with Gasteiger partial charge in [-0.05, 0) is 57.8 Å². The smallest absolute Gasteiger partial charge is 0.311 e. The van der Waals surface area contributed by atoms with Crippen molar-refractivity contribution in [1.29, 1.82) is 0 Å². The van der Waals surface area contributed by atoms with Crippen molar-refractivity contribution >= 4 is 5.97 Å². The van der Waals surface area contributed by atoms with Gasteiger partial charge in [0.1, 0.15) is 5.60 Å². The van der Waals surface area contributed by atoms with Crippen molar-refractivity contribution < 1.29 is 9.53 Å². The molecule has 0 aromatic rings. The average molecular weight is 267 g/mol. The predicted octanol–water partition coefficient (Wildman–Crippen LogP) is 3.13. The van der Waals surface area contributed by atoms with Gasteiger partial charge >= 0.3 is 5.97 Å². The summed E-state index contributed by atoms with van der Waals surface area (Å²) in [5.74, 6) is 0.933. The molecular formula is C16H29NO2. The van der Waals surface area contributed by atoms with E-state index in [0.29, 0.717) is 0 Å². The lowest BCUT2D eigenvalue weighted by molar-refractivity contribution is -0.164. The Morgan fingerprint density at radius 1 is 1.32 bits per heavy atom. The fourth-order valence-electron chi connectivity index (χ4n) is 3.70. The Bertz CT molecular complexity index is 324. The first-order valence-electron chi connectivity index (χ1n) is 7.80. The number of hydrogen-bond acceptors (Lipinski definition) is 3. The molecule has 0 bridgehead atoms. The lowest BCUT2D eigenvalue weighted by atomic mass is 9.65. The van der Waals surface area contributed by atoms with E-state index in [0.717, 1.165) is 19.0 Å². The Kier molecular flexibility index (Phi) is 4.24. The molecule has 1 heterocycles. The van der Waals surface area contributed by atoms with Crippen molar-refractivity contribution in [2.45, 2.75) is 65.4 Å². The normalized spacial score (nSPS) is 35.6. The van der Waals surface area contributed by atoms with Crippen molar-refractivity contribution in [2.75, 3.05) is 13.1 Å². The van der Waals surface area contributed by atoms with Crippen molar-refractivity contribution in [1.82, 2.24) is 5.32 Å². The molecule has 1 spiro atoms. The fraction of sp³-hybridized carbons (Fsp3) is 0.938. The molecule has 1 aliphatic carbocycles. The minimum absolute atomic E-state index is 0.00690. The van der Waals surface area contributed by atoms with E-state index in [1.807, 2.05) is 20.8 Å². The number of carbonyl (C=O) groups is 1. The van der Waals surface area contributed by atoms with Gasteiger partial charge < -0.3 is 10.1 Å². The first-order valence-corrected chi connectivity index (χ1v) is 7.80. The van der Waals surface area contributed by atoms with Gasteiger partial charge in [0.2, 0.25) is 0 Å². The first-order chi connectivity index (χ1) is 8.86. The molecule has 1 N–H and O–H groups in total. The molecule has 0 aromatic heterocycles. The summed E-state index contributed by atoms with van der Waals surface area (Å²) in [6, 6.07) is 0. The molecule has 2 rings (SSSR count). The second-order valence-corrected chi connectivity index (χ2v) is 7.43. The summed E-state index contributed by atoms with van der Waals surface area (Å²) in [4.78, 5) is 12.4. The van der Waals surface area contributed by atoms with Gasteiger partial charge in [-0.2, -0.15) is 0 Å².